The van der Waals surface area contributed by atoms with Gasteiger partial charge in [-0.2, -0.15) is 22.8 Å². The summed E-state index contributed by atoms with van der Waals surface area (Å²) >= 11 is 26.3. The molecular formula is C94H85BrCl4N4O2W2-2. The van der Waals surface area contributed by atoms with Crippen molar-refractivity contribution in [2.75, 3.05) is 0 Å². The van der Waals surface area contributed by atoms with Crippen molar-refractivity contribution in [1.82, 2.24) is 9.97 Å². The van der Waals surface area contributed by atoms with Gasteiger partial charge in [0.15, 0.2) is 0 Å². The first-order valence-corrected chi connectivity index (χ1v) is 43.1. The third-order valence-corrected chi connectivity index (χ3v) is 26.0. The van der Waals surface area contributed by atoms with Crippen molar-refractivity contribution in [2.24, 2.45) is 17.8 Å². The van der Waals surface area contributed by atoms with Crippen molar-refractivity contribution in [1.29, 1.82) is 0 Å². The van der Waals surface area contributed by atoms with Crippen LogP contribution in [0.1, 0.15) is 64.3 Å². The third-order valence-electron chi connectivity index (χ3n) is 16.1. The molecule has 6 nitrogen and oxygen atoms in total. The van der Waals surface area contributed by atoms with Crippen molar-refractivity contribution in [3.8, 4) is 101 Å². The SMILES string of the molecule is CC(C)(C)[CH]=[W]=[N]c1c(Cl)cccc1Cl.CC(C)(C)[CH]=[W]=[N]c1c(Cl)cccc1Cl.Cc1ccc(C)[n-]1.Cc1ccc(C)[n-]1.Oc1c(-c2ccccc2)c(-c2ccccc2)c(Br)c(-c2ccccc2)c1-c1ccccc1.Oc1c(-c2ccccc2)c(-c2ccccc2)cc(-c2ccccc2)c1-c1ccccc1. The molecule has 0 spiro atoms. The van der Waals surface area contributed by atoms with Crippen LogP contribution in [0.15, 0.2) is 321 Å². The number of halogens is 5. The molecule has 0 atom stereocenters. The number of nitrogens with zero attached hydrogens (tertiary/aromatic N) is 4. The van der Waals surface area contributed by atoms with E-state index in [0.29, 0.717) is 25.8 Å². The zero-order valence-electron chi connectivity index (χ0n) is 61.5. The van der Waals surface area contributed by atoms with Crippen molar-refractivity contribution in [2.45, 2.75) is 69.2 Å². The van der Waals surface area contributed by atoms with E-state index in [-0.39, 0.29) is 16.6 Å². The third kappa shape index (κ3) is 24.1. The average molecular weight is 1890 g/mol. The van der Waals surface area contributed by atoms with Crippen molar-refractivity contribution in [3.63, 3.8) is 0 Å². The smallest absolute Gasteiger partial charge is 0.132 e. The van der Waals surface area contributed by atoms with Gasteiger partial charge in [0.2, 0.25) is 0 Å². The molecular weight excluding hydrogens is 1810 g/mol. The summed E-state index contributed by atoms with van der Waals surface area (Å²) in [6.45, 7) is 21.0. The van der Waals surface area contributed by atoms with E-state index in [4.69, 9.17) is 46.4 Å². The first kappa shape index (κ1) is 82.2. The Balaban J connectivity index is 0.000000162. The second-order valence-corrected chi connectivity index (χ2v) is 34.1. The maximum absolute atomic E-state index is 11.9. The molecule has 0 unspecified atom stereocenters. The molecule has 0 saturated heterocycles. The van der Waals surface area contributed by atoms with Gasteiger partial charge in [-0.1, -0.05) is 295 Å². The topological polar surface area (TPSA) is 93.4 Å². The van der Waals surface area contributed by atoms with E-state index in [1.165, 1.54) is 0 Å². The Morgan fingerprint density at radius 3 is 0.738 bits per heavy atom. The van der Waals surface area contributed by atoms with E-state index in [1.54, 1.807) is 0 Å². The normalized spacial score (nSPS) is 10.6. The fraction of sp³-hybridized carbons (Fsp3) is 0.128. The van der Waals surface area contributed by atoms with Gasteiger partial charge in [-0.25, -0.2) is 0 Å². The van der Waals surface area contributed by atoms with E-state index in [0.717, 1.165) is 128 Å². The van der Waals surface area contributed by atoms with Gasteiger partial charge >= 0.3 is 218 Å². The minimum atomic E-state index is -0.850. The van der Waals surface area contributed by atoms with Crippen LogP contribution in [-0.4, -0.2) is 19.0 Å². The number of aromatic nitrogens is 2. The molecule has 2 aromatic heterocycles. The van der Waals surface area contributed by atoms with Crippen LogP contribution in [0, 0.1) is 38.5 Å². The second-order valence-electron chi connectivity index (χ2n) is 27.1. The van der Waals surface area contributed by atoms with Crippen molar-refractivity contribution >= 4 is 82.5 Å². The number of aryl methyl sites for hydroxylation is 4. The zero-order chi connectivity index (χ0) is 76.5. The molecule has 14 aromatic rings. The van der Waals surface area contributed by atoms with Crippen LogP contribution in [0.5, 0.6) is 11.5 Å². The van der Waals surface area contributed by atoms with Crippen LogP contribution in [0.4, 0.5) is 11.4 Å². The Labute approximate surface area is 676 Å². The minimum Gasteiger partial charge on any atom is -0.665 e. The quantitative estimate of drug-likeness (QED) is 0.143. The number of rotatable bonds is 10. The summed E-state index contributed by atoms with van der Waals surface area (Å²) in [6.07, 6.45) is 0. The Hall–Kier alpha value is -8.84. The number of phenols is 2. The number of aromatic hydroxyl groups is 2. The van der Waals surface area contributed by atoms with Crippen LogP contribution >= 0.6 is 62.3 Å². The van der Waals surface area contributed by atoms with Gasteiger partial charge in [0, 0.05) is 37.9 Å². The van der Waals surface area contributed by atoms with E-state index >= 15 is 0 Å². The first-order chi connectivity index (χ1) is 51.5. The molecule has 13 heteroatoms. The van der Waals surface area contributed by atoms with Gasteiger partial charge in [0.05, 0.1) is 0 Å². The molecule has 0 aliphatic rings. The standard InChI is InChI=1S/C30H21BrO.C30H22O.2C6H3Cl2N.2C6H8N.2C5H10.2W/c31-29-25(21-13-5-1-6-14-21)27(23-17-9-3-10-18-23)30(32)28(24-19-11-4-12-20-24)26(29)22-15-7-2-8-16-22;31-30-28(24-17-9-3-10-18-24)26(22-13-5-1-6-14-22)21-27(23-15-7-2-8-16-23)29(30)25-19-11-4-12-20-25;2*7-4-2-1-3-5(8)6(4)9;2*1-5-3-4-6(2)7-5;2*1-5(2,3)4;;/h1-20,32H;1-21,31H;2*1-3H;2*3-4H,1-2H3;2*1H,2-4H3;;/q;;;;2*-1;;;;. The average Bonchev–Trinajstić information content (AvgIpc) is 0.897. The van der Waals surface area contributed by atoms with Crippen molar-refractivity contribution < 1.29 is 46.1 Å². The summed E-state index contributed by atoms with van der Waals surface area (Å²) in [7, 11) is 0. The van der Waals surface area contributed by atoms with Crippen LogP contribution in [0.2, 0.25) is 20.1 Å². The largest absolute Gasteiger partial charge is 0.665 e. The maximum atomic E-state index is 11.9. The zero-order valence-corrected chi connectivity index (χ0v) is 72.0. The minimum absolute atomic E-state index is 0.238. The second kappa shape index (κ2) is 40.4. The van der Waals surface area contributed by atoms with Gasteiger partial charge in [0.25, 0.3) is 0 Å². The van der Waals surface area contributed by atoms with E-state index < -0.39 is 35.8 Å². The predicted molar refractivity (Wildman–Crippen MR) is 454 cm³/mol. The van der Waals surface area contributed by atoms with E-state index in [1.807, 2.05) is 258 Å². The Bertz CT molecular complexity index is 4800. The number of hydrogen-bond donors (Lipinski definition) is 2. The number of hydrogen-bond acceptors (Lipinski definition) is 4. The molecule has 107 heavy (non-hydrogen) atoms. The molecule has 14 rings (SSSR count). The molecule has 0 fully saturated rings. The summed E-state index contributed by atoms with van der Waals surface area (Å²) in [5.41, 5.74) is 21.9. The molecule has 12 aromatic carbocycles. The number of benzene rings is 12. The summed E-state index contributed by atoms with van der Waals surface area (Å²) in [6, 6.07) is 103. The molecule has 0 saturated carbocycles. The van der Waals surface area contributed by atoms with Gasteiger partial charge in [-0.15, -0.1) is 0 Å². The van der Waals surface area contributed by atoms with Crippen LogP contribution in [0.25, 0.3) is 89.0 Å². The molecule has 542 valence electrons. The van der Waals surface area contributed by atoms with Gasteiger partial charge in [-0.05, 0) is 77.6 Å². The molecule has 0 radical (unpaired) electrons. The monoisotopic (exact) mass is 1890 g/mol. The molecule has 0 amide bonds. The fourth-order valence-electron chi connectivity index (χ4n) is 11.2. The molecule has 0 aliphatic heterocycles. The first-order valence-electron chi connectivity index (χ1n) is 34.8. The Morgan fingerprint density at radius 2 is 0.514 bits per heavy atom. The van der Waals surface area contributed by atoms with E-state index in [9.17, 15) is 10.2 Å². The van der Waals surface area contributed by atoms with Crippen LogP contribution in [0.3, 0.4) is 0 Å². The molecule has 0 aliphatic carbocycles. The van der Waals surface area contributed by atoms with Gasteiger partial charge < -0.3 is 20.2 Å². The fourth-order valence-corrected chi connectivity index (χ4v) is 18.6. The van der Waals surface area contributed by atoms with Crippen molar-refractivity contribution in [3.05, 3.63) is 357 Å². The summed E-state index contributed by atoms with van der Waals surface area (Å²) in [4.78, 5) is 8.22. The van der Waals surface area contributed by atoms with E-state index in [2.05, 4.69) is 162 Å². The molecule has 2 heterocycles. The number of phenolic OH excluding ortho intramolecular Hbond substituents is 2. The van der Waals surface area contributed by atoms with Gasteiger partial charge in [-0.3, -0.25) is 0 Å². The summed E-state index contributed by atoms with van der Waals surface area (Å²) < 4.78 is 14.6. The maximum Gasteiger partial charge on any atom is 0.132 e. The van der Waals surface area contributed by atoms with Gasteiger partial charge in [0.1, 0.15) is 11.5 Å². The molecule has 2 N–H and O–H groups in total. The summed E-state index contributed by atoms with van der Waals surface area (Å²) in [5.74, 6) is 0.584. The summed E-state index contributed by atoms with van der Waals surface area (Å²) in [5, 5.41) is 26.2. The predicted octanol–water partition coefficient (Wildman–Crippen LogP) is 28.9. The van der Waals surface area contributed by atoms with Crippen LogP contribution in [-0.2, 0) is 35.8 Å². The van der Waals surface area contributed by atoms with Crippen LogP contribution < -0.4 is 9.97 Å². The Kier molecular flexibility index (Phi) is 31.0. The Morgan fingerprint density at radius 1 is 0.299 bits per heavy atom. The molecule has 0 bridgehead atoms.